The van der Waals surface area contributed by atoms with Crippen molar-refractivity contribution in [1.82, 2.24) is 4.90 Å². The van der Waals surface area contributed by atoms with Gasteiger partial charge in [0.15, 0.2) is 0 Å². The van der Waals surface area contributed by atoms with Gasteiger partial charge in [-0.1, -0.05) is 33.8 Å². The lowest BCUT2D eigenvalue weighted by atomic mass is 9.98. The summed E-state index contributed by atoms with van der Waals surface area (Å²) in [4.78, 5) is 2.31. The van der Waals surface area contributed by atoms with Crippen LogP contribution in [-0.2, 0) is 0 Å². The van der Waals surface area contributed by atoms with Gasteiger partial charge >= 0.3 is 0 Å². The molecule has 3 heteroatoms. The number of hydrogen-bond acceptors (Lipinski definition) is 3. The molecule has 1 aromatic carbocycles. The third-order valence-electron chi connectivity index (χ3n) is 3.85. The first-order valence-corrected chi connectivity index (χ1v) is 8.61. The van der Waals surface area contributed by atoms with E-state index in [9.17, 15) is 5.11 Å². The van der Waals surface area contributed by atoms with E-state index in [-0.39, 0.29) is 0 Å². The van der Waals surface area contributed by atoms with Gasteiger partial charge in [0.1, 0.15) is 18.5 Å². The molecule has 0 unspecified atom stereocenters. The van der Waals surface area contributed by atoms with E-state index in [1.807, 2.05) is 6.07 Å². The van der Waals surface area contributed by atoms with Crippen molar-refractivity contribution in [1.29, 1.82) is 0 Å². The average Bonchev–Trinajstić information content (AvgIpc) is 2.45. The average molecular weight is 307 g/mol. The molecule has 0 aromatic heterocycles. The van der Waals surface area contributed by atoms with Crippen LogP contribution in [-0.4, -0.2) is 42.4 Å². The number of rotatable bonds is 10. The van der Waals surface area contributed by atoms with E-state index in [4.69, 9.17) is 4.74 Å². The lowest BCUT2D eigenvalue weighted by molar-refractivity contribution is 0.0681. The van der Waals surface area contributed by atoms with Crippen LogP contribution in [0.25, 0.3) is 0 Å². The zero-order valence-electron chi connectivity index (χ0n) is 14.9. The number of aliphatic hydroxyl groups is 1. The highest BCUT2D eigenvalue weighted by Crippen LogP contribution is 2.23. The molecule has 1 rings (SSSR count). The normalized spacial score (nSPS) is 12.9. The molecule has 0 fully saturated rings. The number of ether oxygens (including phenoxy) is 1. The fourth-order valence-electron chi connectivity index (χ4n) is 2.86. The number of nitrogens with zero attached hydrogens (tertiary/aromatic N) is 1. The quantitative estimate of drug-likeness (QED) is 0.709. The standard InChI is InChI=1S/C19H33NO2/c1-6-10-20(11-7-2)13-17(21)14-22-18-8-9-19(15(3)4)16(5)12-18/h8-9,12,15,17,21H,6-7,10-11,13-14H2,1-5H3/t17-/m0/s1. The highest BCUT2D eigenvalue weighted by atomic mass is 16.5. The molecule has 3 nitrogen and oxygen atoms in total. The van der Waals surface area contributed by atoms with Gasteiger partial charge in [-0.2, -0.15) is 0 Å². The molecule has 0 saturated carbocycles. The third kappa shape index (κ3) is 6.37. The molecule has 0 saturated heterocycles. The minimum absolute atomic E-state index is 0.352. The van der Waals surface area contributed by atoms with Crippen LogP contribution < -0.4 is 4.74 Å². The fraction of sp³-hybridized carbons (Fsp3) is 0.684. The molecule has 0 radical (unpaired) electrons. The first kappa shape index (κ1) is 19.0. The molecule has 0 bridgehead atoms. The maximum Gasteiger partial charge on any atom is 0.119 e. The molecule has 0 heterocycles. The Bertz CT molecular complexity index is 425. The van der Waals surface area contributed by atoms with Gasteiger partial charge in [-0.05, 0) is 62.0 Å². The third-order valence-corrected chi connectivity index (χ3v) is 3.85. The summed E-state index contributed by atoms with van der Waals surface area (Å²) in [5.74, 6) is 1.37. The Labute approximate surface area is 136 Å². The van der Waals surface area contributed by atoms with Crippen LogP contribution in [0, 0.1) is 6.92 Å². The summed E-state index contributed by atoms with van der Waals surface area (Å²) in [6.07, 6.45) is 1.79. The van der Waals surface area contributed by atoms with Crippen LogP contribution in [0.4, 0.5) is 0 Å². The van der Waals surface area contributed by atoms with Gasteiger partial charge in [-0.25, -0.2) is 0 Å². The lowest BCUT2D eigenvalue weighted by Crippen LogP contribution is -2.36. The van der Waals surface area contributed by atoms with Crippen LogP contribution in [0.1, 0.15) is 57.6 Å². The summed E-state index contributed by atoms with van der Waals surface area (Å²) < 4.78 is 5.76. The lowest BCUT2D eigenvalue weighted by Gasteiger charge is -2.24. The van der Waals surface area contributed by atoms with Gasteiger partial charge in [0.05, 0.1) is 0 Å². The molecule has 1 N–H and O–H groups in total. The largest absolute Gasteiger partial charge is 0.491 e. The summed E-state index contributed by atoms with van der Waals surface area (Å²) in [7, 11) is 0. The maximum atomic E-state index is 10.2. The molecule has 0 aliphatic heterocycles. The van der Waals surface area contributed by atoms with Crippen LogP contribution in [0.3, 0.4) is 0 Å². The molecular weight excluding hydrogens is 274 g/mol. The summed E-state index contributed by atoms with van der Waals surface area (Å²) in [6, 6.07) is 6.20. The van der Waals surface area contributed by atoms with Crippen molar-refractivity contribution in [3.8, 4) is 5.75 Å². The van der Waals surface area contributed by atoms with Gasteiger partial charge in [-0.15, -0.1) is 0 Å². The predicted octanol–water partition coefficient (Wildman–Crippen LogP) is 3.98. The van der Waals surface area contributed by atoms with Gasteiger partial charge in [0.25, 0.3) is 0 Å². The Morgan fingerprint density at radius 1 is 1.14 bits per heavy atom. The van der Waals surface area contributed by atoms with Crippen molar-refractivity contribution in [3.05, 3.63) is 29.3 Å². The van der Waals surface area contributed by atoms with Crippen LogP contribution in [0.15, 0.2) is 18.2 Å². The van der Waals surface area contributed by atoms with E-state index in [0.717, 1.165) is 31.7 Å². The van der Waals surface area contributed by atoms with Crippen molar-refractivity contribution in [2.75, 3.05) is 26.2 Å². The van der Waals surface area contributed by atoms with Crippen LogP contribution >= 0.6 is 0 Å². The highest BCUT2D eigenvalue weighted by Gasteiger charge is 2.12. The Morgan fingerprint density at radius 3 is 2.27 bits per heavy atom. The molecule has 1 atom stereocenters. The topological polar surface area (TPSA) is 32.7 Å². The van der Waals surface area contributed by atoms with Gasteiger partial charge in [-0.3, -0.25) is 0 Å². The molecule has 0 aliphatic carbocycles. The number of aryl methyl sites for hydroxylation is 1. The minimum atomic E-state index is -0.441. The second-order valence-corrected chi connectivity index (χ2v) is 6.44. The van der Waals surface area contributed by atoms with Gasteiger partial charge < -0.3 is 14.7 Å². The molecule has 0 amide bonds. The molecule has 0 aliphatic rings. The summed E-state index contributed by atoms with van der Waals surface area (Å²) in [6.45, 7) is 14.0. The second kappa shape index (κ2) is 9.86. The predicted molar refractivity (Wildman–Crippen MR) is 93.8 cm³/mol. The van der Waals surface area contributed by atoms with Crippen molar-refractivity contribution in [2.24, 2.45) is 0 Å². The monoisotopic (exact) mass is 307 g/mol. The Hall–Kier alpha value is -1.06. The summed E-state index contributed by atoms with van der Waals surface area (Å²) >= 11 is 0. The van der Waals surface area contributed by atoms with Gasteiger partial charge in [0, 0.05) is 6.54 Å². The SMILES string of the molecule is CCCN(CCC)C[C@H](O)COc1ccc(C(C)C)c(C)c1. The zero-order valence-corrected chi connectivity index (χ0v) is 14.9. The first-order chi connectivity index (χ1) is 10.5. The molecular formula is C19H33NO2. The minimum Gasteiger partial charge on any atom is -0.491 e. The Morgan fingerprint density at radius 2 is 1.77 bits per heavy atom. The molecule has 1 aromatic rings. The number of hydrogen-bond donors (Lipinski definition) is 1. The van der Waals surface area contributed by atoms with Gasteiger partial charge in [0.2, 0.25) is 0 Å². The van der Waals surface area contributed by atoms with Crippen LogP contribution in [0.2, 0.25) is 0 Å². The van der Waals surface area contributed by atoms with E-state index in [1.165, 1.54) is 11.1 Å². The van der Waals surface area contributed by atoms with Crippen molar-refractivity contribution < 1.29 is 9.84 Å². The smallest absolute Gasteiger partial charge is 0.119 e. The second-order valence-electron chi connectivity index (χ2n) is 6.44. The zero-order chi connectivity index (χ0) is 16.5. The number of aliphatic hydroxyl groups excluding tert-OH is 1. The van der Waals surface area contributed by atoms with Crippen molar-refractivity contribution in [3.63, 3.8) is 0 Å². The Balaban J connectivity index is 2.49. The van der Waals surface area contributed by atoms with Crippen molar-refractivity contribution in [2.45, 2.75) is 59.5 Å². The van der Waals surface area contributed by atoms with E-state index in [0.29, 0.717) is 19.1 Å². The molecule has 126 valence electrons. The van der Waals surface area contributed by atoms with Crippen molar-refractivity contribution >= 4 is 0 Å². The molecule has 0 spiro atoms. The first-order valence-electron chi connectivity index (χ1n) is 8.61. The van der Waals surface area contributed by atoms with E-state index in [2.05, 4.69) is 51.7 Å². The fourth-order valence-corrected chi connectivity index (χ4v) is 2.86. The Kier molecular flexibility index (Phi) is 8.51. The molecule has 22 heavy (non-hydrogen) atoms. The van der Waals surface area contributed by atoms with E-state index >= 15 is 0 Å². The van der Waals surface area contributed by atoms with E-state index < -0.39 is 6.10 Å². The number of benzene rings is 1. The maximum absolute atomic E-state index is 10.2. The van der Waals surface area contributed by atoms with E-state index in [1.54, 1.807) is 0 Å². The van der Waals surface area contributed by atoms with Crippen LogP contribution in [0.5, 0.6) is 5.75 Å². The highest BCUT2D eigenvalue weighted by molar-refractivity contribution is 5.36. The summed E-state index contributed by atoms with van der Waals surface area (Å²) in [5.41, 5.74) is 2.60. The summed E-state index contributed by atoms with van der Waals surface area (Å²) in [5, 5.41) is 10.2.